The van der Waals surface area contributed by atoms with E-state index in [1.165, 1.54) is 19.3 Å². The van der Waals surface area contributed by atoms with Crippen LogP contribution in [0, 0.1) is 0 Å². The van der Waals surface area contributed by atoms with Gasteiger partial charge in [-0.1, -0.05) is 38.3 Å². The van der Waals surface area contributed by atoms with Crippen LogP contribution in [0.25, 0.3) is 0 Å². The lowest BCUT2D eigenvalue weighted by Crippen LogP contribution is -2.11. The monoisotopic (exact) mass is 221 g/mol. The van der Waals surface area contributed by atoms with E-state index < -0.39 is 0 Å². The Morgan fingerprint density at radius 2 is 2.19 bits per heavy atom. The topological polar surface area (TPSA) is 44.5 Å². The number of ether oxygens (including phenoxy) is 2. The van der Waals surface area contributed by atoms with Crippen LogP contribution in [0.2, 0.25) is 0 Å². The standard InChI is InChI=1S/C13H19NO2/c1-2-3-4-7-11(14)10-6-5-8-12-13(10)16-9-15-12/h5-6,8,11H,2-4,7,9,14H2,1H3/t11-/m0/s1. The molecule has 0 spiro atoms. The van der Waals surface area contributed by atoms with Gasteiger partial charge in [-0.25, -0.2) is 0 Å². The van der Waals surface area contributed by atoms with E-state index in [2.05, 4.69) is 6.92 Å². The summed E-state index contributed by atoms with van der Waals surface area (Å²) in [7, 11) is 0. The summed E-state index contributed by atoms with van der Waals surface area (Å²) in [5.41, 5.74) is 7.25. The molecule has 0 fully saturated rings. The van der Waals surface area contributed by atoms with Gasteiger partial charge in [-0.2, -0.15) is 0 Å². The lowest BCUT2D eigenvalue weighted by Gasteiger charge is -2.13. The third kappa shape index (κ3) is 2.30. The second-order valence-corrected chi connectivity index (χ2v) is 4.18. The predicted octanol–water partition coefficient (Wildman–Crippen LogP) is 3.00. The van der Waals surface area contributed by atoms with Crippen LogP contribution in [0.3, 0.4) is 0 Å². The molecule has 0 amide bonds. The van der Waals surface area contributed by atoms with Gasteiger partial charge in [0.2, 0.25) is 6.79 Å². The quantitative estimate of drug-likeness (QED) is 0.777. The first-order valence-electron chi connectivity index (χ1n) is 5.97. The largest absolute Gasteiger partial charge is 0.454 e. The van der Waals surface area contributed by atoms with Crippen molar-refractivity contribution in [2.45, 2.75) is 38.6 Å². The fourth-order valence-corrected chi connectivity index (χ4v) is 2.01. The molecule has 1 atom stereocenters. The lowest BCUT2D eigenvalue weighted by atomic mass is 10.00. The van der Waals surface area contributed by atoms with Gasteiger partial charge in [0, 0.05) is 11.6 Å². The van der Waals surface area contributed by atoms with Crippen LogP contribution in [0.15, 0.2) is 18.2 Å². The van der Waals surface area contributed by atoms with Crippen molar-refractivity contribution < 1.29 is 9.47 Å². The van der Waals surface area contributed by atoms with Gasteiger partial charge >= 0.3 is 0 Å². The minimum Gasteiger partial charge on any atom is -0.454 e. The number of benzene rings is 1. The summed E-state index contributed by atoms with van der Waals surface area (Å²) in [6.07, 6.45) is 4.63. The van der Waals surface area contributed by atoms with Crippen molar-refractivity contribution in [2.24, 2.45) is 5.73 Å². The number of fused-ring (bicyclic) bond motifs is 1. The Hall–Kier alpha value is -1.22. The van der Waals surface area contributed by atoms with Crippen LogP contribution in [0.4, 0.5) is 0 Å². The van der Waals surface area contributed by atoms with Crippen molar-refractivity contribution in [1.82, 2.24) is 0 Å². The second kappa shape index (κ2) is 5.21. The predicted molar refractivity (Wildman–Crippen MR) is 63.6 cm³/mol. The molecule has 0 unspecified atom stereocenters. The number of nitrogens with two attached hydrogens (primary N) is 1. The molecule has 3 nitrogen and oxygen atoms in total. The smallest absolute Gasteiger partial charge is 0.231 e. The van der Waals surface area contributed by atoms with E-state index in [9.17, 15) is 0 Å². The first kappa shape index (κ1) is 11.3. The number of hydrogen-bond acceptors (Lipinski definition) is 3. The molecule has 88 valence electrons. The molecular formula is C13H19NO2. The van der Waals surface area contributed by atoms with Crippen LogP contribution < -0.4 is 15.2 Å². The molecule has 2 N–H and O–H groups in total. The van der Waals surface area contributed by atoms with E-state index in [-0.39, 0.29) is 6.04 Å². The zero-order valence-electron chi connectivity index (χ0n) is 9.74. The average Bonchev–Trinajstić information content (AvgIpc) is 2.76. The summed E-state index contributed by atoms with van der Waals surface area (Å²) >= 11 is 0. The highest BCUT2D eigenvalue weighted by molar-refractivity contribution is 5.49. The highest BCUT2D eigenvalue weighted by Gasteiger charge is 2.20. The van der Waals surface area contributed by atoms with Gasteiger partial charge in [-0.3, -0.25) is 0 Å². The maximum atomic E-state index is 6.17. The van der Waals surface area contributed by atoms with Crippen molar-refractivity contribution >= 4 is 0 Å². The first-order chi connectivity index (χ1) is 7.83. The van der Waals surface area contributed by atoms with E-state index in [1.807, 2.05) is 18.2 Å². The number of para-hydroxylation sites is 1. The van der Waals surface area contributed by atoms with Gasteiger partial charge in [0.05, 0.1) is 0 Å². The first-order valence-corrected chi connectivity index (χ1v) is 5.97. The molecule has 0 saturated carbocycles. The zero-order chi connectivity index (χ0) is 11.4. The third-order valence-electron chi connectivity index (χ3n) is 2.95. The van der Waals surface area contributed by atoms with Gasteiger partial charge in [0.15, 0.2) is 11.5 Å². The molecule has 0 aromatic heterocycles. The minimum atomic E-state index is 0.0585. The van der Waals surface area contributed by atoms with Gasteiger partial charge in [-0.05, 0) is 12.5 Å². The molecule has 1 aliphatic rings. The molecule has 1 heterocycles. The van der Waals surface area contributed by atoms with E-state index >= 15 is 0 Å². The second-order valence-electron chi connectivity index (χ2n) is 4.18. The molecule has 1 aromatic rings. The van der Waals surface area contributed by atoms with Crippen molar-refractivity contribution in [3.05, 3.63) is 23.8 Å². The van der Waals surface area contributed by atoms with Crippen LogP contribution >= 0.6 is 0 Å². The van der Waals surface area contributed by atoms with E-state index in [0.29, 0.717) is 6.79 Å². The highest BCUT2D eigenvalue weighted by atomic mass is 16.7. The van der Waals surface area contributed by atoms with Crippen LogP contribution in [-0.4, -0.2) is 6.79 Å². The molecule has 0 saturated heterocycles. The number of unbranched alkanes of at least 4 members (excludes halogenated alkanes) is 2. The number of rotatable bonds is 5. The molecule has 0 aliphatic carbocycles. The maximum absolute atomic E-state index is 6.17. The van der Waals surface area contributed by atoms with Crippen LogP contribution in [0.1, 0.15) is 44.2 Å². The van der Waals surface area contributed by atoms with Crippen molar-refractivity contribution in [2.75, 3.05) is 6.79 Å². The summed E-state index contributed by atoms with van der Waals surface area (Å²) < 4.78 is 10.8. The van der Waals surface area contributed by atoms with Crippen molar-refractivity contribution in [3.8, 4) is 11.5 Å². The Balaban J connectivity index is 2.05. The van der Waals surface area contributed by atoms with Crippen LogP contribution in [-0.2, 0) is 0 Å². The van der Waals surface area contributed by atoms with E-state index in [1.54, 1.807) is 0 Å². The summed E-state index contributed by atoms with van der Waals surface area (Å²) in [6.45, 7) is 2.51. The third-order valence-corrected chi connectivity index (χ3v) is 2.95. The molecule has 3 heteroatoms. The van der Waals surface area contributed by atoms with Gasteiger partial charge in [0.1, 0.15) is 0 Å². The lowest BCUT2D eigenvalue weighted by molar-refractivity contribution is 0.173. The van der Waals surface area contributed by atoms with Crippen molar-refractivity contribution in [1.29, 1.82) is 0 Å². The maximum Gasteiger partial charge on any atom is 0.231 e. The Bertz CT molecular complexity index is 352. The van der Waals surface area contributed by atoms with E-state index in [4.69, 9.17) is 15.2 Å². The SMILES string of the molecule is CCCCC[C@H](N)c1cccc2c1OCO2. The Labute approximate surface area is 96.5 Å². The molecule has 2 rings (SSSR count). The Kier molecular flexibility index (Phi) is 3.67. The van der Waals surface area contributed by atoms with Gasteiger partial charge < -0.3 is 15.2 Å². The molecular weight excluding hydrogens is 202 g/mol. The number of hydrogen-bond donors (Lipinski definition) is 1. The van der Waals surface area contributed by atoms with Gasteiger partial charge in [0.25, 0.3) is 0 Å². The van der Waals surface area contributed by atoms with E-state index in [0.717, 1.165) is 23.5 Å². The summed E-state index contributed by atoms with van der Waals surface area (Å²) in [5.74, 6) is 1.66. The summed E-state index contributed by atoms with van der Waals surface area (Å²) in [5, 5.41) is 0. The van der Waals surface area contributed by atoms with Crippen LogP contribution in [0.5, 0.6) is 11.5 Å². The molecule has 0 bridgehead atoms. The Morgan fingerprint density at radius 1 is 1.31 bits per heavy atom. The van der Waals surface area contributed by atoms with Gasteiger partial charge in [-0.15, -0.1) is 0 Å². The molecule has 0 radical (unpaired) electrons. The fraction of sp³-hybridized carbons (Fsp3) is 0.538. The molecule has 16 heavy (non-hydrogen) atoms. The zero-order valence-corrected chi connectivity index (χ0v) is 9.74. The van der Waals surface area contributed by atoms with Crippen molar-refractivity contribution in [3.63, 3.8) is 0 Å². The molecule has 1 aromatic carbocycles. The average molecular weight is 221 g/mol. The Morgan fingerprint density at radius 3 is 3.00 bits per heavy atom. The summed E-state index contributed by atoms with van der Waals surface area (Å²) in [6, 6.07) is 5.99. The fourth-order valence-electron chi connectivity index (χ4n) is 2.01. The normalized spacial score (nSPS) is 15.1. The minimum absolute atomic E-state index is 0.0585. The highest BCUT2D eigenvalue weighted by Crippen LogP contribution is 2.38. The molecule has 1 aliphatic heterocycles. The summed E-state index contributed by atoms with van der Waals surface area (Å²) in [4.78, 5) is 0.